The van der Waals surface area contributed by atoms with E-state index in [1.54, 1.807) is 18.2 Å². The maximum atomic E-state index is 14.0. The van der Waals surface area contributed by atoms with E-state index in [9.17, 15) is 13.2 Å². The second kappa shape index (κ2) is 12.4. The number of hydrogen-bond donors (Lipinski definition) is 3. The number of aliphatic imine (C=N–C) groups is 1. The van der Waals surface area contributed by atoms with Crippen LogP contribution in [-0.2, 0) is 6.18 Å². The van der Waals surface area contributed by atoms with E-state index in [1.165, 1.54) is 6.07 Å². The van der Waals surface area contributed by atoms with Gasteiger partial charge < -0.3 is 30.5 Å². The fourth-order valence-corrected chi connectivity index (χ4v) is 5.34. The normalized spacial score (nSPS) is 18.0. The molecule has 0 aromatic heterocycles. The van der Waals surface area contributed by atoms with Gasteiger partial charge in [0, 0.05) is 61.9 Å². The Balaban J connectivity index is 1.25. The zero-order chi connectivity index (χ0) is 28.1. The Hall–Kier alpha value is -3.46. The number of nitrogens with zero attached hydrogens (tertiary/aromatic N) is 4. The first kappa shape index (κ1) is 28.1. The van der Waals surface area contributed by atoms with E-state index in [0.29, 0.717) is 54.7 Å². The van der Waals surface area contributed by atoms with Crippen LogP contribution in [0.2, 0.25) is 5.02 Å². The number of ether oxygens (including phenoxy) is 1. The first-order chi connectivity index (χ1) is 19.3. The van der Waals surface area contributed by atoms with Gasteiger partial charge in [-0.2, -0.15) is 18.4 Å². The zero-order valence-corrected chi connectivity index (χ0v) is 22.7. The molecule has 0 amide bonds. The molecule has 3 aliphatic heterocycles. The minimum atomic E-state index is -4.56. The molecule has 212 valence electrons. The summed E-state index contributed by atoms with van der Waals surface area (Å²) in [5.74, 6) is 0.393. The topological polar surface area (TPSA) is 88.0 Å². The second-order valence-electron chi connectivity index (χ2n) is 9.87. The summed E-state index contributed by atoms with van der Waals surface area (Å²) in [5.41, 5.74) is 2.69. The van der Waals surface area contributed by atoms with Gasteiger partial charge in [0.25, 0.3) is 0 Å². The molecule has 0 spiro atoms. The Labute approximate surface area is 236 Å². The molecule has 2 aromatic rings. The molecular weight excluding hydrogens is 543 g/mol. The largest absolute Gasteiger partial charge is 0.493 e. The van der Waals surface area contributed by atoms with Crippen molar-refractivity contribution in [3.05, 3.63) is 63.8 Å². The molecule has 0 atom stereocenters. The molecule has 2 aromatic carbocycles. The number of nitrogens with one attached hydrogen (secondary N) is 3. The Morgan fingerprint density at radius 2 is 1.95 bits per heavy atom. The van der Waals surface area contributed by atoms with Crippen molar-refractivity contribution in [3.63, 3.8) is 0 Å². The van der Waals surface area contributed by atoms with Crippen molar-refractivity contribution in [1.29, 1.82) is 5.26 Å². The first-order valence-corrected chi connectivity index (χ1v) is 13.7. The molecule has 1 fully saturated rings. The summed E-state index contributed by atoms with van der Waals surface area (Å²) in [6.45, 7) is 6.28. The van der Waals surface area contributed by atoms with Crippen molar-refractivity contribution in [3.8, 4) is 11.8 Å². The number of amidine groups is 1. The summed E-state index contributed by atoms with van der Waals surface area (Å²) in [7, 11) is 0. The molecule has 12 heteroatoms. The number of alkyl halides is 3. The Morgan fingerprint density at radius 3 is 2.70 bits per heavy atom. The fourth-order valence-electron chi connectivity index (χ4n) is 5.12. The molecular formula is C28H31ClF3N7O. The van der Waals surface area contributed by atoms with Crippen LogP contribution in [0.5, 0.6) is 5.75 Å². The number of rotatable bonds is 7. The maximum Gasteiger partial charge on any atom is 0.420 e. The van der Waals surface area contributed by atoms with Crippen LogP contribution in [0.15, 0.2) is 52.7 Å². The van der Waals surface area contributed by atoms with Crippen LogP contribution in [0.1, 0.15) is 24.0 Å². The molecule has 0 aliphatic carbocycles. The van der Waals surface area contributed by atoms with Gasteiger partial charge in [-0.3, -0.25) is 0 Å². The van der Waals surface area contributed by atoms with Gasteiger partial charge in [0.1, 0.15) is 24.3 Å². The van der Waals surface area contributed by atoms with E-state index in [-0.39, 0.29) is 12.4 Å². The number of anilines is 2. The molecule has 0 saturated carbocycles. The van der Waals surface area contributed by atoms with Crippen LogP contribution in [0.3, 0.4) is 0 Å². The van der Waals surface area contributed by atoms with Gasteiger partial charge in [0.2, 0.25) is 0 Å². The highest BCUT2D eigenvalue weighted by Crippen LogP contribution is 2.38. The fraction of sp³-hybridized carbons (Fsp3) is 0.429. The molecule has 5 rings (SSSR count). The number of halogens is 4. The SMILES string of the molecule is N#Cc1ccc(N2CCC3=C(C2)NCN=C3Nc2ccc(OCCCN3CCNCC3)c(C(F)(F)F)c2)cc1Cl. The van der Waals surface area contributed by atoms with Gasteiger partial charge in [-0.15, -0.1) is 0 Å². The molecule has 3 heterocycles. The van der Waals surface area contributed by atoms with Gasteiger partial charge in [-0.05, 0) is 49.2 Å². The standard InChI is InChI=1S/C28H31ClF3N7O/c29-24-15-21(4-2-19(24)16-33)39-10-6-22-25(17-39)35-18-36-27(22)37-20-3-5-26(23(14-20)28(30,31)32)40-13-1-9-38-11-7-34-8-12-38/h2-5,14-15,34-35H,1,6-13,17-18H2,(H,36,37). The molecule has 1 saturated heterocycles. The predicted molar refractivity (Wildman–Crippen MR) is 150 cm³/mol. The van der Waals surface area contributed by atoms with Gasteiger partial charge in [0.15, 0.2) is 0 Å². The molecule has 3 aliphatic rings. The summed E-state index contributed by atoms with van der Waals surface area (Å²) in [4.78, 5) is 8.92. The summed E-state index contributed by atoms with van der Waals surface area (Å²) in [5, 5.41) is 19.2. The van der Waals surface area contributed by atoms with Gasteiger partial charge >= 0.3 is 6.18 Å². The highest BCUT2D eigenvalue weighted by molar-refractivity contribution is 6.32. The van der Waals surface area contributed by atoms with Crippen LogP contribution in [0.25, 0.3) is 0 Å². The average Bonchev–Trinajstić information content (AvgIpc) is 2.95. The van der Waals surface area contributed by atoms with E-state index >= 15 is 0 Å². The van der Waals surface area contributed by atoms with Crippen molar-refractivity contribution >= 4 is 28.8 Å². The van der Waals surface area contributed by atoms with E-state index < -0.39 is 11.7 Å². The lowest BCUT2D eigenvalue weighted by molar-refractivity contribution is -0.138. The lowest BCUT2D eigenvalue weighted by atomic mass is 10.0. The van der Waals surface area contributed by atoms with Gasteiger partial charge in [-0.25, -0.2) is 4.99 Å². The summed E-state index contributed by atoms with van der Waals surface area (Å²) in [6.07, 6.45) is -3.27. The lowest BCUT2D eigenvalue weighted by Crippen LogP contribution is -2.44. The Morgan fingerprint density at radius 1 is 1.12 bits per heavy atom. The highest BCUT2D eigenvalue weighted by Gasteiger charge is 2.35. The third-order valence-electron chi connectivity index (χ3n) is 7.23. The summed E-state index contributed by atoms with van der Waals surface area (Å²) >= 11 is 6.22. The van der Waals surface area contributed by atoms with E-state index in [4.69, 9.17) is 21.6 Å². The van der Waals surface area contributed by atoms with Crippen molar-refractivity contribution in [1.82, 2.24) is 15.5 Å². The van der Waals surface area contributed by atoms with E-state index in [2.05, 4.69) is 36.8 Å². The highest BCUT2D eigenvalue weighted by atomic mass is 35.5. The summed E-state index contributed by atoms with van der Waals surface area (Å²) in [6, 6.07) is 11.5. The van der Waals surface area contributed by atoms with Crippen LogP contribution in [-0.4, -0.2) is 69.8 Å². The second-order valence-corrected chi connectivity index (χ2v) is 10.3. The van der Waals surface area contributed by atoms with Crippen molar-refractivity contribution < 1.29 is 17.9 Å². The van der Waals surface area contributed by atoms with Crippen molar-refractivity contribution in [2.24, 2.45) is 4.99 Å². The number of hydrogen-bond acceptors (Lipinski definition) is 8. The maximum absolute atomic E-state index is 14.0. The third kappa shape index (κ3) is 6.63. The van der Waals surface area contributed by atoms with Gasteiger partial charge in [-0.1, -0.05) is 11.6 Å². The molecule has 3 N–H and O–H groups in total. The average molecular weight is 574 g/mol. The van der Waals surface area contributed by atoms with E-state index in [1.807, 2.05) is 6.07 Å². The smallest absolute Gasteiger partial charge is 0.420 e. The van der Waals surface area contributed by atoms with Crippen LogP contribution in [0.4, 0.5) is 24.5 Å². The first-order valence-electron chi connectivity index (χ1n) is 13.3. The number of nitriles is 1. The quantitative estimate of drug-likeness (QED) is 0.422. The van der Waals surface area contributed by atoms with Crippen LogP contribution >= 0.6 is 11.6 Å². The monoisotopic (exact) mass is 573 g/mol. The molecule has 0 bridgehead atoms. The van der Waals surface area contributed by atoms with E-state index in [0.717, 1.165) is 55.7 Å². The van der Waals surface area contributed by atoms with Gasteiger partial charge in [0.05, 0.1) is 29.3 Å². The Kier molecular flexibility index (Phi) is 8.69. The zero-order valence-electron chi connectivity index (χ0n) is 22.0. The minimum Gasteiger partial charge on any atom is -0.493 e. The van der Waals surface area contributed by atoms with Crippen LogP contribution in [0, 0.1) is 11.3 Å². The molecule has 0 unspecified atom stereocenters. The number of piperazine rings is 1. The Bertz CT molecular complexity index is 1330. The van der Waals surface area contributed by atoms with Crippen LogP contribution < -0.4 is 25.6 Å². The third-order valence-corrected chi connectivity index (χ3v) is 7.54. The number of benzene rings is 2. The summed E-state index contributed by atoms with van der Waals surface area (Å²) < 4.78 is 47.4. The molecule has 8 nitrogen and oxygen atoms in total. The van der Waals surface area contributed by atoms with Crippen molar-refractivity contribution in [2.75, 3.05) is 69.3 Å². The van der Waals surface area contributed by atoms with Crippen molar-refractivity contribution in [2.45, 2.75) is 19.0 Å². The predicted octanol–water partition coefficient (Wildman–Crippen LogP) is 4.44. The lowest BCUT2D eigenvalue weighted by Gasteiger charge is -2.35. The molecule has 40 heavy (non-hydrogen) atoms. The molecule has 0 radical (unpaired) electrons. The minimum absolute atomic E-state index is 0.167.